The van der Waals surface area contributed by atoms with Crippen LogP contribution < -0.4 is 14.8 Å². The maximum atomic E-state index is 12.7. The van der Waals surface area contributed by atoms with Gasteiger partial charge in [0.05, 0.1) is 18.8 Å². The van der Waals surface area contributed by atoms with Gasteiger partial charge in [0.1, 0.15) is 9.88 Å². The zero-order chi connectivity index (χ0) is 20.3. The zero-order valence-corrected chi connectivity index (χ0v) is 16.4. The number of esters is 2. The molecule has 1 aromatic carbocycles. The van der Waals surface area contributed by atoms with Crippen LogP contribution in [-0.2, 0) is 9.47 Å². The Morgan fingerprint density at radius 2 is 1.75 bits per heavy atom. The summed E-state index contributed by atoms with van der Waals surface area (Å²) in [5, 5.41) is 2.91. The molecule has 2 heterocycles. The molecule has 0 aliphatic carbocycles. The van der Waals surface area contributed by atoms with Gasteiger partial charge in [0.15, 0.2) is 11.5 Å². The molecule has 28 heavy (non-hydrogen) atoms. The van der Waals surface area contributed by atoms with E-state index in [4.69, 9.17) is 18.9 Å². The first-order valence-electron chi connectivity index (χ1n) is 8.64. The Hall–Kier alpha value is -3.07. The number of nitrogens with one attached hydrogen (secondary N) is 1. The molecule has 148 valence electrons. The van der Waals surface area contributed by atoms with Gasteiger partial charge >= 0.3 is 11.9 Å². The van der Waals surface area contributed by atoms with E-state index in [2.05, 4.69) is 5.32 Å². The lowest BCUT2D eigenvalue weighted by Gasteiger charge is -2.07. The number of thiophene rings is 1. The van der Waals surface area contributed by atoms with Gasteiger partial charge in [-0.3, -0.25) is 4.79 Å². The summed E-state index contributed by atoms with van der Waals surface area (Å²) < 4.78 is 20.6. The fraction of sp³-hybridized carbons (Fsp3) is 0.316. The molecule has 0 radical (unpaired) electrons. The van der Waals surface area contributed by atoms with Gasteiger partial charge in [0.25, 0.3) is 5.91 Å². The smallest absolute Gasteiger partial charge is 0.348 e. The molecule has 3 rings (SSSR count). The molecular formula is C19H19NO7S. The van der Waals surface area contributed by atoms with Crippen molar-refractivity contribution in [3.63, 3.8) is 0 Å². The second kappa shape index (κ2) is 8.30. The van der Waals surface area contributed by atoms with Crippen LogP contribution in [0.15, 0.2) is 18.2 Å². The molecule has 1 aliphatic heterocycles. The molecule has 0 spiro atoms. The lowest BCUT2D eigenvalue weighted by atomic mass is 10.1. The van der Waals surface area contributed by atoms with Gasteiger partial charge in [-0.15, -0.1) is 11.3 Å². The number of hydrogen-bond acceptors (Lipinski definition) is 8. The molecule has 8 nitrogen and oxygen atoms in total. The Kier molecular flexibility index (Phi) is 5.84. The van der Waals surface area contributed by atoms with Gasteiger partial charge in [-0.05, 0) is 44.5 Å². The van der Waals surface area contributed by atoms with Crippen LogP contribution in [0.1, 0.15) is 49.8 Å². The first-order chi connectivity index (χ1) is 13.5. The van der Waals surface area contributed by atoms with Gasteiger partial charge in [-0.2, -0.15) is 0 Å². The maximum Gasteiger partial charge on any atom is 0.348 e. The van der Waals surface area contributed by atoms with E-state index in [1.54, 1.807) is 39.0 Å². The first kappa shape index (κ1) is 19.7. The van der Waals surface area contributed by atoms with Gasteiger partial charge in [-0.1, -0.05) is 0 Å². The number of rotatable bonds is 6. The van der Waals surface area contributed by atoms with E-state index in [0.29, 0.717) is 22.6 Å². The highest BCUT2D eigenvalue weighted by molar-refractivity contribution is 7.18. The third kappa shape index (κ3) is 3.79. The predicted octanol–water partition coefficient (Wildman–Crippen LogP) is 3.39. The number of fused-ring (bicyclic) bond motifs is 1. The molecule has 1 N–H and O–H groups in total. The van der Waals surface area contributed by atoms with Crippen LogP contribution in [0.2, 0.25) is 0 Å². The van der Waals surface area contributed by atoms with Crippen molar-refractivity contribution in [2.24, 2.45) is 0 Å². The Bertz CT molecular complexity index is 935. The molecule has 0 atom stereocenters. The van der Waals surface area contributed by atoms with E-state index in [9.17, 15) is 14.4 Å². The Morgan fingerprint density at radius 1 is 1.07 bits per heavy atom. The third-order valence-electron chi connectivity index (χ3n) is 3.95. The summed E-state index contributed by atoms with van der Waals surface area (Å²) in [7, 11) is 0. The molecular weight excluding hydrogens is 386 g/mol. The van der Waals surface area contributed by atoms with Gasteiger partial charge in [0.2, 0.25) is 6.79 Å². The van der Waals surface area contributed by atoms with Crippen molar-refractivity contribution < 1.29 is 33.3 Å². The third-order valence-corrected chi connectivity index (χ3v) is 5.14. The maximum absolute atomic E-state index is 12.7. The topological polar surface area (TPSA) is 100 Å². The highest BCUT2D eigenvalue weighted by atomic mass is 32.1. The van der Waals surface area contributed by atoms with Gasteiger partial charge in [-0.25, -0.2) is 9.59 Å². The van der Waals surface area contributed by atoms with Crippen LogP contribution in [0, 0.1) is 6.92 Å². The lowest BCUT2D eigenvalue weighted by molar-refractivity contribution is 0.0527. The molecule has 9 heteroatoms. The van der Waals surface area contributed by atoms with E-state index < -0.39 is 17.8 Å². The van der Waals surface area contributed by atoms with E-state index in [0.717, 1.165) is 11.3 Å². The van der Waals surface area contributed by atoms with Crippen LogP contribution in [0.3, 0.4) is 0 Å². The monoisotopic (exact) mass is 405 g/mol. The minimum Gasteiger partial charge on any atom is -0.462 e. The highest BCUT2D eigenvalue weighted by Gasteiger charge is 2.28. The van der Waals surface area contributed by atoms with E-state index in [1.165, 1.54) is 0 Å². The quantitative estimate of drug-likeness (QED) is 0.735. The van der Waals surface area contributed by atoms with Crippen LogP contribution in [-0.4, -0.2) is 37.9 Å². The van der Waals surface area contributed by atoms with Gasteiger partial charge in [0, 0.05) is 5.56 Å². The average Bonchev–Trinajstić information content (AvgIpc) is 3.25. The van der Waals surface area contributed by atoms with Crippen LogP contribution >= 0.6 is 11.3 Å². The second-order valence-electron chi connectivity index (χ2n) is 5.72. The molecule has 0 unspecified atom stereocenters. The summed E-state index contributed by atoms with van der Waals surface area (Å²) in [6.45, 7) is 5.44. The molecule has 0 saturated heterocycles. The van der Waals surface area contributed by atoms with Crippen molar-refractivity contribution in [3.05, 3.63) is 39.8 Å². The van der Waals surface area contributed by atoms with Crippen molar-refractivity contribution in [3.8, 4) is 11.5 Å². The van der Waals surface area contributed by atoms with E-state index in [-0.39, 0.29) is 35.4 Å². The average molecular weight is 405 g/mol. The van der Waals surface area contributed by atoms with Crippen molar-refractivity contribution in [2.75, 3.05) is 25.3 Å². The molecule has 1 aromatic heterocycles. The fourth-order valence-corrected chi connectivity index (χ4v) is 3.74. The number of hydrogen-bond donors (Lipinski definition) is 1. The zero-order valence-electron chi connectivity index (χ0n) is 15.6. The number of anilines is 1. The number of ether oxygens (including phenoxy) is 4. The largest absolute Gasteiger partial charge is 0.462 e. The van der Waals surface area contributed by atoms with Crippen molar-refractivity contribution >= 4 is 34.2 Å². The second-order valence-corrected chi connectivity index (χ2v) is 6.74. The molecule has 0 fully saturated rings. The normalized spacial score (nSPS) is 11.8. The van der Waals surface area contributed by atoms with Crippen LogP contribution in [0.25, 0.3) is 0 Å². The highest BCUT2D eigenvalue weighted by Crippen LogP contribution is 2.36. The van der Waals surface area contributed by atoms with Crippen LogP contribution in [0.4, 0.5) is 5.00 Å². The summed E-state index contributed by atoms with van der Waals surface area (Å²) >= 11 is 0.974. The van der Waals surface area contributed by atoms with Crippen molar-refractivity contribution in [1.29, 1.82) is 0 Å². The van der Waals surface area contributed by atoms with Gasteiger partial charge < -0.3 is 24.3 Å². The predicted molar refractivity (Wildman–Crippen MR) is 101 cm³/mol. The van der Waals surface area contributed by atoms with Crippen molar-refractivity contribution in [2.45, 2.75) is 20.8 Å². The molecule has 0 saturated carbocycles. The standard InChI is InChI=1S/C19H19NO7S/c1-4-24-18(22)14-10(3)15(19(23)25-5-2)28-17(14)20-16(21)11-6-7-12-13(8-11)27-9-26-12/h6-8H,4-5,9H2,1-3H3,(H,20,21). The molecule has 0 bridgehead atoms. The van der Waals surface area contributed by atoms with E-state index in [1.807, 2.05) is 0 Å². The van der Waals surface area contributed by atoms with Crippen LogP contribution in [0.5, 0.6) is 11.5 Å². The fourth-order valence-electron chi connectivity index (χ4n) is 2.65. The molecule has 1 amide bonds. The molecule has 1 aliphatic rings. The number of carbonyl (C=O) groups excluding carboxylic acids is 3. The number of amides is 1. The summed E-state index contributed by atoms with van der Waals surface area (Å²) in [5.74, 6) is -0.611. The SMILES string of the molecule is CCOC(=O)c1sc(NC(=O)c2ccc3c(c2)OCO3)c(C(=O)OCC)c1C. The summed E-state index contributed by atoms with van der Waals surface area (Å²) in [6, 6.07) is 4.77. The molecule has 2 aromatic rings. The number of benzene rings is 1. The Morgan fingerprint density at radius 3 is 2.46 bits per heavy atom. The summed E-state index contributed by atoms with van der Waals surface area (Å²) in [5.41, 5.74) is 0.870. The Balaban J connectivity index is 1.93. The minimum absolute atomic E-state index is 0.0977. The number of carbonyl (C=O) groups is 3. The summed E-state index contributed by atoms with van der Waals surface area (Å²) in [6.07, 6.45) is 0. The van der Waals surface area contributed by atoms with E-state index >= 15 is 0 Å². The summed E-state index contributed by atoms with van der Waals surface area (Å²) in [4.78, 5) is 37.5. The van der Waals surface area contributed by atoms with Crippen molar-refractivity contribution in [1.82, 2.24) is 0 Å². The first-order valence-corrected chi connectivity index (χ1v) is 9.46. The Labute approximate surface area is 165 Å². The minimum atomic E-state index is -0.618. The lowest BCUT2D eigenvalue weighted by Crippen LogP contribution is -2.15.